The Balaban J connectivity index is 1.42. The molecule has 0 spiro atoms. The average molecular weight is 342 g/mol. The van der Waals surface area contributed by atoms with Gasteiger partial charge in [0.1, 0.15) is 0 Å². The lowest BCUT2D eigenvalue weighted by atomic mass is 9.47. The molecule has 0 aliphatic heterocycles. The van der Waals surface area contributed by atoms with Gasteiger partial charge in [-0.3, -0.25) is 10.0 Å². The maximum atomic E-state index is 11.4. The minimum atomic E-state index is -0.459. The van der Waals surface area contributed by atoms with Gasteiger partial charge < -0.3 is 5.32 Å². The summed E-state index contributed by atoms with van der Waals surface area (Å²) in [5.74, 6) is 2.50. The summed E-state index contributed by atoms with van der Waals surface area (Å²) < 4.78 is 0. The Hall–Kier alpha value is -1.39. The molecule has 0 aromatic heterocycles. The van der Waals surface area contributed by atoms with Crippen LogP contribution in [-0.4, -0.2) is 17.2 Å². The van der Waals surface area contributed by atoms with E-state index in [2.05, 4.69) is 12.2 Å². The summed E-state index contributed by atoms with van der Waals surface area (Å²) in [6.07, 6.45) is 9.95. The normalized spacial score (nSPS) is 34.1. The molecular weight excluding hydrogens is 312 g/mol. The molecule has 3 N–H and O–H groups in total. The minimum Gasteiger partial charge on any atom is -0.309 e. The molecule has 4 nitrogen and oxygen atoms in total. The molecule has 1 aromatic rings. The van der Waals surface area contributed by atoms with E-state index in [0.29, 0.717) is 17.0 Å². The van der Waals surface area contributed by atoms with Gasteiger partial charge in [0.15, 0.2) is 0 Å². The number of hydrogen-bond acceptors (Lipinski definition) is 3. The lowest BCUT2D eigenvalue weighted by molar-refractivity contribution is -0.0747. The Morgan fingerprint density at radius 1 is 1.12 bits per heavy atom. The van der Waals surface area contributed by atoms with Gasteiger partial charge in [-0.15, -0.1) is 0 Å². The Morgan fingerprint density at radius 2 is 1.68 bits per heavy atom. The van der Waals surface area contributed by atoms with Crippen molar-refractivity contribution in [2.24, 2.45) is 23.2 Å². The molecule has 0 radical (unpaired) electrons. The molecule has 1 atom stereocenters. The fraction of sp³-hybridized carbons (Fsp3) is 0.667. The maximum absolute atomic E-state index is 11.4. The number of amides is 1. The van der Waals surface area contributed by atoms with Gasteiger partial charge in [0.2, 0.25) is 0 Å². The van der Waals surface area contributed by atoms with Crippen LogP contribution >= 0.6 is 0 Å². The molecule has 1 aromatic carbocycles. The minimum absolute atomic E-state index is 0.459. The lowest BCUT2D eigenvalue weighted by Gasteiger charge is -2.59. The second-order valence-electron chi connectivity index (χ2n) is 8.76. The highest BCUT2D eigenvalue weighted by Crippen LogP contribution is 2.61. The van der Waals surface area contributed by atoms with Crippen molar-refractivity contribution in [3.05, 3.63) is 35.4 Å². The van der Waals surface area contributed by atoms with E-state index >= 15 is 0 Å². The summed E-state index contributed by atoms with van der Waals surface area (Å²) in [5, 5.41) is 12.6. The standard InChI is InChI=1S/C21H30N2O2/c1-2-19(21-10-15-7-16(11-21)9-17(8-15)12-21)22-13-14-3-5-18(6-4-14)20(24)23-25/h3-6,15-17,19,22,25H,2,7-13H2,1H3,(H,23,24). The SMILES string of the molecule is CCC(NCc1ccc(C(=O)NO)cc1)C12CC3CC(CC(C3)C1)C2. The highest BCUT2D eigenvalue weighted by atomic mass is 16.5. The molecule has 4 saturated carbocycles. The maximum Gasteiger partial charge on any atom is 0.274 e. The van der Waals surface area contributed by atoms with Crippen LogP contribution in [0.5, 0.6) is 0 Å². The molecule has 1 unspecified atom stereocenters. The molecule has 1 amide bonds. The zero-order valence-electron chi connectivity index (χ0n) is 15.1. The third-order valence-electron chi connectivity index (χ3n) is 7.10. The van der Waals surface area contributed by atoms with Crippen LogP contribution in [0.4, 0.5) is 0 Å². The summed E-state index contributed by atoms with van der Waals surface area (Å²) in [7, 11) is 0. The van der Waals surface area contributed by atoms with E-state index in [4.69, 9.17) is 5.21 Å². The summed E-state index contributed by atoms with van der Waals surface area (Å²) in [4.78, 5) is 11.4. The van der Waals surface area contributed by atoms with Crippen LogP contribution in [0.1, 0.15) is 67.8 Å². The van der Waals surface area contributed by atoms with Crippen LogP contribution < -0.4 is 10.8 Å². The predicted molar refractivity (Wildman–Crippen MR) is 97.2 cm³/mol. The number of hydroxylamine groups is 1. The van der Waals surface area contributed by atoms with Crippen LogP contribution in [0.15, 0.2) is 24.3 Å². The molecule has 136 valence electrons. The van der Waals surface area contributed by atoms with Crippen molar-refractivity contribution in [3.63, 3.8) is 0 Å². The largest absolute Gasteiger partial charge is 0.309 e. The van der Waals surface area contributed by atoms with E-state index in [9.17, 15) is 4.79 Å². The van der Waals surface area contributed by atoms with Crippen molar-refractivity contribution in [1.29, 1.82) is 0 Å². The zero-order chi connectivity index (χ0) is 17.4. The Labute approximate surface area is 150 Å². The van der Waals surface area contributed by atoms with Gasteiger partial charge in [0.05, 0.1) is 0 Å². The zero-order valence-corrected chi connectivity index (χ0v) is 15.1. The van der Waals surface area contributed by atoms with E-state index in [1.54, 1.807) is 17.6 Å². The average Bonchev–Trinajstić information content (AvgIpc) is 2.61. The first kappa shape index (κ1) is 17.0. The van der Waals surface area contributed by atoms with E-state index < -0.39 is 5.91 Å². The first-order valence-corrected chi connectivity index (χ1v) is 9.88. The van der Waals surface area contributed by atoms with Crippen molar-refractivity contribution in [1.82, 2.24) is 10.8 Å². The van der Waals surface area contributed by atoms with E-state index in [1.807, 2.05) is 12.1 Å². The second kappa shape index (κ2) is 6.73. The van der Waals surface area contributed by atoms with Crippen molar-refractivity contribution >= 4 is 5.91 Å². The molecule has 4 bridgehead atoms. The van der Waals surface area contributed by atoms with Crippen LogP contribution in [-0.2, 0) is 6.54 Å². The number of carbonyl (C=O) groups is 1. The molecule has 4 aliphatic carbocycles. The molecular formula is C21H30N2O2. The number of rotatable bonds is 6. The highest BCUT2D eigenvalue weighted by Gasteiger charge is 2.53. The van der Waals surface area contributed by atoms with Crippen molar-refractivity contribution in [2.75, 3.05) is 0 Å². The quantitative estimate of drug-likeness (QED) is 0.543. The smallest absolute Gasteiger partial charge is 0.274 e. The molecule has 25 heavy (non-hydrogen) atoms. The van der Waals surface area contributed by atoms with Gasteiger partial charge in [0.25, 0.3) is 5.91 Å². The first-order valence-electron chi connectivity index (χ1n) is 9.88. The van der Waals surface area contributed by atoms with Gasteiger partial charge in [-0.2, -0.15) is 0 Å². The van der Waals surface area contributed by atoms with Gasteiger partial charge in [-0.1, -0.05) is 19.1 Å². The van der Waals surface area contributed by atoms with Gasteiger partial charge in [-0.05, 0) is 85.8 Å². The Morgan fingerprint density at radius 3 is 2.16 bits per heavy atom. The summed E-state index contributed by atoms with van der Waals surface area (Å²) in [5.41, 5.74) is 3.89. The molecule has 0 saturated heterocycles. The highest BCUT2D eigenvalue weighted by molar-refractivity contribution is 5.93. The molecule has 4 heteroatoms. The van der Waals surface area contributed by atoms with Crippen LogP contribution in [0.25, 0.3) is 0 Å². The van der Waals surface area contributed by atoms with Gasteiger partial charge in [0, 0.05) is 18.2 Å². The number of nitrogens with one attached hydrogen (secondary N) is 2. The third kappa shape index (κ3) is 3.22. The number of hydrogen-bond donors (Lipinski definition) is 3. The van der Waals surface area contributed by atoms with Crippen LogP contribution in [0.2, 0.25) is 0 Å². The van der Waals surface area contributed by atoms with E-state index in [0.717, 1.165) is 24.3 Å². The van der Waals surface area contributed by atoms with Gasteiger partial charge >= 0.3 is 0 Å². The van der Waals surface area contributed by atoms with E-state index in [-0.39, 0.29) is 0 Å². The lowest BCUT2D eigenvalue weighted by Crippen LogP contribution is -2.55. The third-order valence-corrected chi connectivity index (χ3v) is 7.10. The first-order chi connectivity index (χ1) is 12.1. The Bertz CT molecular complexity index is 590. The van der Waals surface area contributed by atoms with Gasteiger partial charge in [-0.25, -0.2) is 5.48 Å². The van der Waals surface area contributed by atoms with Crippen LogP contribution in [0.3, 0.4) is 0 Å². The van der Waals surface area contributed by atoms with Crippen molar-refractivity contribution < 1.29 is 10.0 Å². The summed E-state index contributed by atoms with van der Waals surface area (Å²) in [6.45, 7) is 3.17. The van der Waals surface area contributed by atoms with E-state index in [1.165, 1.54) is 50.5 Å². The second-order valence-corrected chi connectivity index (χ2v) is 8.76. The summed E-state index contributed by atoms with van der Waals surface area (Å²) >= 11 is 0. The Kier molecular flexibility index (Phi) is 4.59. The molecule has 4 aliphatic rings. The number of carbonyl (C=O) groups excluding carboxylic acids is 1. The van der Waals surface area contributed by atoms with Crippen molar-refractivity contribution in [2.45, 2.75) is 64.5 Å². The number of benzene rings is 1. The fourth-order valence-corrected chi connectivity index (χ4v) is 6.48. The predicted octanol–water partition coefficient (Wildman–Crippen LogP) is 3.89. The summed E-state index contributed by atoms with van der Waals surface area (Å²) in [6, 6.07) is 8.09. The van der Waals surface area contributed by atoms with Crippen molar-refractivity contribution in [3.8, 4) is 0 Å². The topological polar surface area (TPSA) is 61.4 Å². The monoisotopic (exact) mass is 342 g/mol. The molecule has 4 fully saturated rings. The molecule has 0 heterocycles. The molecule has 5 rings (SSSR count). The fourth-order valence-electron chi connectivity index (χ4n) is 6.48. The van der Waals surface area contributed by atoms with Crippen LogP contribution in [0, 0.1) is 23.2 Å².